The molecule has 0 aliphatic carbocycles. The Kier molecular flexibility index (Phi) is 26.1. The van der Waals surface area contributed by atoms with Gasteiger partial charge in [-0.25, -0.2) is 0 Å². The smallest absolute Gasteiger partial charge is 0.317 e. The number of nitrogens with one attached hydrogen (secondary N) is 2. The van der Waals surface area contributed by atoms with E-state index in [2.05, 4.69) is 16.4 Å². The average molecular weight is 776 g/mol. The average Bonchev–Trinajstić information content (AvgIpc) is 2.99. The van der Waals surface area contributed by atoms with Crippen molar-refractivity contribution in [2.24, 2.45) is 11.7 Å². The first-order valence-electron chi connectivity index (χ1n) is 15.4. The van der Waals surface area contributed by atoms with E-state index in [-0.39, 0.29) is 64.8 Å². The van der Waals surface area contributed by atoms with Gasteiger partial charge in [0.05, 0.1) is 46.0 Å². The van der Waals surface area contributed by atoms with Gasteiger partial charge in [0.15, 0.2) is 5.11 Å². The normalized spacial score (nSPS) is 16.5. The van der Waals surface area contributed by atoms with E-state index >= 15 is 0 Å². The number of hydrogen-bond donors (Lipinski definition) is 7. The predicted octanol–water partition coefficient (Wildman–Crippen LogP) is -0.224. The molecule has 16 nitrogen and oxygen atoms in total. The van der Waals surface area contributed by atoms with Crippen LogP contribution in [0.25, 0.3) is 0 Å². The Hall–Kier alpha value is -2.35. The number of carboxylic acids is 4. The first kappa shape index (κ1) is 45.7. The van der Waals surface area contributed by atoms with Crippen molar-refractivity contribution in [3.05, 3.63) is 29.8 Å². The summed E-state index contributed by atoms with van der Waals surface area (Å²) >= 11 is 5.35. The van der Waals surface area contributed by atoms with E-state index in [0.29, 0.717) is 70.7 Å². The molecule has 0 bridgehead atoms. The minimum atomic E-state index is -0.976. The van der Waals surface area contributed by atoms with Crippen LogP contribution in [0.2, 0.25) is 0 Å². The van der Waals surface area contributed by atoms with Gasteiger partial charge >= 0.3 is 23.9 Å². The van der Waals surface area contributed by atoms with Gasteiger partial charge in [-0.05, 0) is 61.6 Å². The summed E-state index contributed by atoms with van der Waals surface area (Å²) in [6, 6.07) is 7.92. The number of nitrogens with two attached hydrogens (primary N) is 1. The molecule has 18 heteroatoms. The molecule has 1 aromatic carbocycles. The molecule has 1 unspecified atom stereocenters. The topological polar surface area (TPSA) is 227 Å². The van der Waals surface area contributed by atoms with E-state index in [9.17, 15) is 34.5 Å². The van der Waals surface area contributed by atoms with Crippen LogP contribution in [0.3, 0.4) is 0 Å². The zero-order valence-electron chi connectivity index (χ0n) is 27.6. The van der Waals surface area contributed by atoms with Gasteiger partial charge in [0.2, 0.25) is 0 Å². The summed E-state index contributed by atoms with van der Waals surface area (Å²) in [5.41, 5.74) is 6.50. The molecular weight excluding hydrogens is 725 g/mol. The third-order valence-corrected chi connectivity index (χ3v) is 7.27. The van der Waals surface area contributed by atoms with Crippen LogP contribution in [0.5, 0.6) is 0 Å². The number of methoxy groups -OCH3 is 1. The van der Waals surface area contributed by atoms with Gasteiger partial charge in [0.25, 0.3) is 0 Å². The Labute approximate surface area is 312 Å². The predicted molar refractivity (Wildman–Crippen MR) is 179 cm³/mol. The van der Waals surface area contributed by atoms with Gasteiger partial charge in [-0.15, -0.1) is 0 Å². The summed E-state index contributed by atoms with van der Waals surface area (Å²) in [5.74, 6) is -3.67. The number of thiocarbonyl (C=S) groups is 1. The molecule has 0 aromatic heterocycles. The molecule has 1 fully saturated rings. The minimum Gasteiger partial charge on any atom is -0.480 e. The molecule has 1 aliphatic heterocycles. The summed E-state index contributed by atoms with van der Waals surface area (Å²) in [6.45, 7) is 4.14. The maximum absolute atomic E-state index is 11.6. The molecule has 1 aliphatic rings. The van der Waals surface area contributed by atoms with Gasteiger partial charge < -0.3 is 46.3 Å². The largest absolute Gasteiger partial charge is 0.480 e. The number of rotatable bonds is 16. The summed E-state index contributed by atoms with van der Waals surface area (Å²) in [5, 5.41) is 42.6. The van der Waals surface area contributed by atoms with Crippen LogP contribution in [0, 0.1) is 5.92 Å². The number of carbonyl (C=O) groups is 4. The minimum absolute atomic E-state index is 0. The van der Waals surface area contributed by atoms with E-state index in [1.807, 2.05) is 34.1 Å². The zero-order valence-corrected chi connectivity index (χ0v) is 31.2. The van der Waals surface area contributed by atoms with Crippen molar-refractivity contribution in [2.75, 3.05) is 104 Å². The van der Waals surface area contributed by atoms with Crippen molar-refractivity contribution in [1.82, 2.24) is 20.0 Å². The third-order valence-electron chi connectivity index (χ3n) is 7.02. The third kappa shape index (κ3) is 23.9. The summed E-state index contributed by atoms with van der Waals surface area (Å²) in [7, 11) is 1.62. The summed E-state index contributed by atoms with van der Waals surface area (Å²) in [6.07, 6.45) is 2.26. The summed E-state index contributed by atoms with van der Waals surface area (Å²) < 4.78 is 10.4. The van der Waals surface area contributed by atoms with Crippen molar-refractivity contribution in [3.63, 3.8) is 0 Å². The van der Waals surface area contributed by atoms with E-state index < -0.39 is 23.9 Å². The van der Waals surface area contributed by atoms with Crippen molar-refractivity contribution in [2.45, 2.75) is 19.3 Å². The van der Waals surface area contributed by atoms with Gasteiger partial charge in [-0.1, -0.05) is 12.1 Å². The number of anilines is 1. The molecule has 8 N–H and O–H groups in total. The quantitative estimate of drug-likeness (QED) is 0.0851. The fourth-order valence-corrected chi connectivity index (χ4v) is 5.07. The maximum Gasteiger partial charge on any atom is 0.317 e. The molecule has 1 heterocycles. The number of aliphatic carboxylic acids is 4. The van der Waals surface area contributed by atoms with Crippen molar-refractivity contribution in [1.29, 1.82) is 0 Å². The molecular formula is C30H50N6O10SY. The van der Waals surface area contributed by atoms with Crippen LogP contribution < -0.4 is 16.4 Å². The Morgan fingerprint density at radius 3 is 1.88 bits per heavy atom. The number of carboxylic acid groups (broad SMARTS) is 4. The monoisotopic (exact) mass is 775 g/mol. The Morgan fingerprint density at radius 2 is 1.35 bits per heavy atom. The van der Waals surface area contributed by atoms with E-state index in [1.54, 1.807) is 12.0 Å². The number of ether oxygens (including phenoxy) is 2. The number of hydrogen-bond acceptors (Lipinski definition) is 11. The molecule has 0 spiro atoms. The number of nitrogens with zero attached hydrogens (tertiary/aromatic N) is 3. The second kappa shape index (κ2) is 27.5. The van der Waals surface area contributed by atoms with Crippen LogP contribution in [-0.2, 0) is 67.8 Å². The maximum atomic E-state index is 11.6. The molecule has 1 aromatic rings. The fourth-order valence-electron chi connectivity index (χ4n) is 4.85. The molecule has 269 valence electrons. The van der Waals surface area contributed by atoms with E-state index in [1.165, 1.54) is 0 Å². The van der Waals surface area contributed by atoms with Crippen LogP contribution in [0.4, 0.5) is 5.69 Å². The van der Waals surface area contributed by atoms with Crippen LogP contribution in [0.15, 0.2) is 24.3 Å². The second-order valence-corrected chi connectivity index (χ2v) is 11.4. The van der Waals surface area contributed by atoms with Gasteiger partial charge in [0, 0.05) is 84.8 Å². The van der Waals surface area contributed by atoms with Crippen molar-refractivity contribution < 1.29 is 81.8 Å². The standard InChI is InChI=1S/C28H45N5O8S.C2H5NO2.Y/c1-40-15-16-41-14-8-29-28(42)30-24-6-4-22(5-7-24)17-23-3-2-9-31(19-25(34)35)10-11-32(20-26(36)37)12-13-33(18-23)21-27(38)39;3-1-2(4)5;/h4-7,23H,2-3,8-21H2,1H3,(H,34,35)(H,36,37)(H,38,39)(H2,29,30,42);1,3H2,(H,4,5);. The molecule has 0 saturated carbocycles. The molecule has 2 rings (SSSR count). The fraction of sp³-hybridized carbons (Fsp3) is 0.633. The van der Waals surface area contributed by atoms with Gasteiger partial charge in [-0.2, -0.15) is 0 Å². The van der Waals surface area contributed by atoms with Gasteiger partial charge in [0.1, 0.15) is 0 Å². The first-order chi connectivity index (χ1) is 22.4. The van der Waals surface area contributed by atoms with E-state index in [0.717, 1.165) is 30.5 Å². The van der Waals surface area contributed by atoms with Crippen LogP contribution >= 0.6 is 12.2 Å². The Bertz CT molecular complexity index is 1100. The zero-order chi connectivity index (χ0) is 35.0. The number of benzene rings is 1. The van der Waals surface area contributed by atoms with Gasteiger partial charge in [-0.3, -0.25) is 33.9 Å². The van der Waals surface area contributed by atoms with Crippen LogP contribution in [-0.4, -0.2) is 163 Å². The van der Waals surface area contributed by atoms with Crippen molar-refractivity contribution >= 4 is 46.9 Å². The molecule has 48 heavy (non-hydrogen) atoms. The second-order valence-electron chi connectivity index (χ2n) is 11.0. The Morgan fingerprint density at radius 1 is 0.833 bits per heavy atom. The Balaban J connectivity index is 0.00000341. The van der Waals surface area contributed by atoms with Crippen LogP contribution in [0.1, 0.15) is 18.4 Å². The molecule has 1 atom stereocenters. The molecule has 0 amide bonds. The van der Waals surface area contributed by atoms with E-state index in [4.69, 9.17) is 26.8 Å². The SMILES string of the molecule is COCCOCCNC(=S)Nc1ccc(CC2CCCN(CC(=O)O)CCN(CC(=O)O)CCN(CC(=O)O)C2)cc1.NCC(=O)O.[Y]. The first-order valence-corrected chi connectivity index (χ1v) is 15.8. The molecule has 1 radical (unpaired) electrons. The molecule has 1 saturated heterocycles. The summed E-state index contributed by atoms with van der Waals surface area (Å²) in [4.78, 5) is 49.1. The van der Waals surface area contributed by atoms with Crippen molar-refractivity contribution in [3.8, 4) is 0 Å².